The number of halogens is 1. The molecule has 1 heterocycles. The number of carbonyl (C=O) groups is 3. The number of aryl methyl sites for hydroxylation is 2. The summed E-state index contributed by atoms with van der Waals surface area (Å²) in [5.41, 5.74) is 2.10. The van der Waals surface area contributed by atoms with Crippen LogP contribution in [-0.2, 0) is 9.59 Å². The maximum atomic E-state index is 13.8. The molecule has 0 aliphatic carbocycles. The summed E-state index contributed by atoms with van der Waals surface area (Å²) < 4.78 is 19.4. The van der Waals surface area contributed by atoms with Gasteiger partial charge in [-0.1, -0.05) is 36.4 Å². The second kappa shape index (κ2) is 9.58. The van der Waals surface area contributed by atoms with E-state index in [4.69, 9.17) is 4.74 Å². The number of benzene rings is 2. The molecule has 3 rings (SSSR count). The standard InChI is InChI=1S/C22H21FN2O4S/c1-14-6-5-7-15(2)20(14)29-13-19(26)24-10-11-25-21(27)18(30-22(25)28)12-16-8-3-4-9-17(16)23/h3-9,12H,10-11,13H2,1-2H3,(H,24,26). The van der Waals surface area contributed by atoms with Crippen molar-refractivity contribution in [2.75, 3.05) is 19.7 Å². The summed E-state index contributed by atoms with van der Waals surface area (Å²) in [7, 11) is 0. The Bertz CT molecular complexity index is 1000. The van der Waals surface area contributed by atoms with Crippen LogP contribution in [0.15, 0.2) is 47.4 Å². The molecule has 0 aromatic heterocycles. The third-order valence-corrected chi connectivity index (χ3v) is 5.39. The summed E-state index contributed by atoms with van der Waals surface area (Å²) in [5.74, 6) is -0.668. The van der Waals surface area contributed by atoms with Gasteiger partial charge in [-0.15, -0.1) is 0 Å². The average molecular weight is 428 g/mol. The van der Waals surface area contributed by atoms with Crippen LogP contribution in [0.25, 0.3) is 6.08 Å². The minimum absolute atomic E-state index is 0.0222. The van der Waals surface area contributed by atoms with Crippen molar-refractivity contribution >= 4 is 34.9 Å². The Morgan fingerprint density at radius 3 is 2.53 bits per heavy atom. The molecule has 6 nitrogen and oxygen atoms in total. The second-order valence-electron chi connectivity index (χ2n) is 6.71. The van der Waals surface area contributed by atoms with E-state index in [1.54, 1.807) is 12.1 Å². The molecule has 1 fully saturated rings. The first kappa shape index (κ1) is 21.6. The van der Waals surface area contributed by atoms with Gasteiger partial charge in [0.05, 0.1) is 4.91 Å². The molecule has 0 radical (unpaired) electrons. The second-order valence-corrected chi connectivity index (χ2v) is 7.71. The van der Waals surface area contributed by atoms with E-state index >= 15 is 0 Å². The molecule has 1 aliphatic heterocycles. The molecule has 0 bridgehead atoms. The number of ether oxygens (including phenoxy) is 1. The Morgan fingerprint density at radius 1 is 1.13 bits per heavy atom. The molecule has 1 aliphatic rings. The van der Waals surface area contributed by atoms with Crippen molar-refractivity contribution in [3.05, 3.63) is 69.9 Å². The molecule has 0 spiro atoms. The van der Waals surface area contributed by atoms with Gasteiger partial charge in [0.2, 0.25) is 0 Å². The van der Waals surface area contributed by atoms with Crippen LogP contribution in [0, 0.1) is 19.7 Å². The van der Waals surface area contributed by atoms with Gasteiger partial charge in [0.25, 0.3) is 17.1 Å². The van der Waals surface area contributed by atoms with Crippen LogP contribution in [0.1, 0.15) is 16.7 Å². The molecule has 0 unspecified atom stereocenters. The van der Waals surface area contributed by atoms with E-state index in [1.807, 2.05) is 32.0 Å². The van der Waals surface area contributed by atoms with Gasteiger partial charge in [-0.25, -0.2) is 4.39 Å². The molecule has 1 saturated heterocycles. The summed E-state index contributed by atoms with van der Waals surface area (Å²) in [4.78, 5) is 37.8. The highest BCUT2D eigenvalue weighted by Gasteiger charge is 2.34. The molecule has 2 aromatic rings. The highest BCUT2D eigenvalue weighted by Crippen LogP contribution is 2.32. The predicted octanol–water partition coefficient (Wildman–Crippen LogP) is 3.67. The zero-order valence-electron chi connectivity index (χ0n) is 16.6. The van der Waals surface area contributed by atoms with Gasteiger partial charge in [-0.2, -0.15) is 0 Å². The fourth-order valence-electron chi connectivity index (χ4n) is 2.95. The third-order valence-electron chi connectivity index (χ3n) is 4.48. The number of imide groups is 1. The molecule has 0 saturated carbocycles. The van der Waals surface area contributed by atoms with E-state index in [0.717, 1.165) is 27.8 Å². The molecule has 30 heavy (non-hydrogen) atoms. The lowest BCUT2D eigenvalue weighted by molar-refractivity contribution is -0.125. The minimum atomic E-state index is -0.505. The van der Waals surface area contributed by atoms with Crippen molar-refractivity contribution in [2.45, 2.75) is 13.8 Å². The van der Waals surface area contributed by atoms with E-state index in [0.29, 0.717) is 5.75 Å². The fourth-order valence-corrected chi connectivity index (χ4v) is 3.80. The number of nitrogens with zero attached hydrogens (tertiary/aromatic N) is 1. The topological polar surface area (TPSA) is 75.7 Å². The highest BCUT2D eigenvalue weighted by molar-refractivity contribution is 8.18. The first-order valence-electron chi connectivity index (χ1n) is 9.32. The maximum absolute atomic E-state index is 13.8. The monoisotopic (exact) mass is 428 g/mol. The van der Waals surface area contributed by atoms with Crippen LogP contribution in [-0.4, -0.2) is 41.6 Å². The van der Waals surface area contributed by atoms with E-state index in [9.17, 15) is 18.8 Å². The summed E-state index contributed by atoms with van der Waals surface area (Å²) in [6.45, 7) is 3.75. The Hall–Kier alpha value is -3.13. The number of thioether (sulfide) groups is 1. The molecule has 0 atom stereocenters. The van der Waals surface area contributed by atoms with Crippen LogP contribution in [0.2, 0.25) is 0 Å². The summed E-state index contributed by atoms with van der Waals surface area (Å²) >= 11 is 0.749. The van der Waals surface area contributed by atoms with Crippen LogP contribution < -0.4 is 10.1 Å². The first-order chi connectivity index (χ1) is 14.4. The summed E-state index contributed by atoms with van der Waals surface area (Å²) in [5, 5.41) is 2.18. The van der Waals surface area contributed by atoms with Crippen molar-refractivity contribution < 1.29 is 23.5 Å². The zero-order valence-corrected chi connectivity index (χ0v) is 17.4. The molecule has 3 amide bonds. The number of hydrogen-bond acceptors (Lipinski definition) is 5. The summed E-state index contributed by atoms with van der Waals surface area (Å²) in [6, 6.07) is 11.7. The number of nitrogens with one attached hydrogen (secondary N) is 1. The molecule has 1 N–H and O–H groups in total. The lowest BCUT2D eigenvalue weighted by Gasteiger charge is -2.14. The van der Waals surface area contributed by atoms with Gasteiger partial charge >= 0.3 is 0 Å². The zero-order chi connectivity index (χ0) is 21.7. The van der Waals surface area contributed by atoms with Crippen molar-refractivity contribution in [1.29, 1.82) is 0 Å². The van der Waals surface area contributed by atoms with Crippen molar-refractivity contribution in [3.63, 3.8) is 0 Å². The van der Waals surface area contributed by atoms with Crippen molar-refractivity contribution in [2.24, 2.45) is 0 Å². The molecule has 2 aromatic carbocycles. The van der Waals surface area contributed by atoms with E-state index in [-0.39, 0.29) is 36.1 Å². The van der Waals surface area contributed by atoms with Gasteiger partial charge in [0.15, 0.2) is 6.61 Å². The Morgan fingerprint density at radius 2 is 1.83 bits per heavy atom. The largest absolute Gasteiger partial charge is 0.483 e. The number of para-hydroxylation sites is 1. The highest BCUT2D eigenvalue weighted by atomic mass is 32.2. The van der Waals surface area contributed by atoms with E-state index in [1.165, 1.54) is 18.2 Å². The SMILES string of the molecule is Cc1cccc(C)c1OCC(=O)NCCN1C(=O)SC(=Cc2ccccc2F)C1=O. The van der Waals surface area contributed by atoms with Gasteiger partial charge < -0.3 is 10.1 Å². The van der Waals surface area contributed by atoms with E-state index in [2.05, 4.69) is 5.32 Å². The van der Waals surface area contributed by atoms with Crippen LogP contribution >= 0.6 is 11.8 Å². The van der Waals surface area contributed by atoms with Crippen molar-refractivity contribution in [3.8, 4) is 5.75 Å². The first-order valence-corrected chi connectivity index (χ1v) is 10.1. The number of hydrogen-bond donors (Lipinski definition) is 1. The molecular weight excluding hydrogens is 407 g/mol. The van der Waals surface area contributed by atoms with Crippen LogP contribution in [0.3, 0.4) is 0 Å². The van der Waals surface area contributed by atoms with Crippen molar-refractivity contribution in [1.82, 2.24) is 10.2 Å². The van der Waals surface area contributed by atoms with Gasteiger partial charge in [0.1, 0.15) is 11.6 Å². The van der Waals surface area contributed by atoms with Gasteiger partial charge in [-0.3, -0.25) is 19.3 Å². The maximum Gasteiger partial charge on any atom is 0.293 e. The van der Waals surface area contributed by atoms with Crippen LogP contribution in [0.4, 0.5) is 9.18 Å². The van der Waals surface area contributed by atoms with Gasteiger partial charge in [0, 0.05) is 18.7 Å². The lowest BCUT2D eigenvalue weighted by atomic mass is 10.1. The Balaban J connectivity index is 1.51. The number of carbonyl (C=O) groups excluding carboxylic acids is 3. The molecular formula is C22H21FN2O4S. The quantitative estimate of drug-likeness (QED) is 0.681. The van der Waals surface area contributed by atoms with Crippen LogP contribution in [0.5, 0.6) is 5.75 Å². The minimum Gasteiger partial charge on any atom is -0.483 e. The average Bonchev–Trinajstić information content (AvgIpc) is 2.97. The number of amides is 3. The molecule has 8 heteroatoms. The lowest BCUT2D eigenvalue weighted by Crippen LogP contribution is -2.38. The third kappa shape index (κ3) is 5.07. The molecule has 156 valence electrons. The smallest absolute Gasteiger partial charge is 0.293 e. The fraction of sp³-hybridized carbons (Fsp3) is 0.227. The summed E-state index contributed by atoms with van der Waals surface area (Å²) in [6.07, 6.45) is 1.36. The van der Waals surface area contributed by atoms with E-state index < -0.39 is 17.0 Å². The van der Waals surface area contributed by atoms with Gasteiger partial charge in [-0.05, 0) is 48.9 Å². The Kier molecular flexibility index (Phi) is 6.89. The Labute approximate surface area is 178 Å². The normalized spacial score (nSPS) is 15.0. The number of rotatable bonds is 7. The predicted molar refractivity (Wildman–Crippen MR) is 113 cm³/mol.